The largest absolute Gasteiger partial charge is 0.375 e. The maximum absolute atomic E-state index is 12.8. The van der Waals surface area contributed by atoms with Crippen LogP contribution >= 0.6 is 0 Å². The van der Waals surface area contributed by atoms with E-state index in [2.05, 4.69) is 0 Å². The average molecular weight is 394 g/mol. The zero-order chi connectivity index (χ0) is 19.6. The number of piperazine rings is 1. The summed E-state index contributed by atoms with van der Waals surface area (Å²) in [4.78, 5) is 28.3. The van der Waals surface area contributed by atoms with E-state index in [0.29, 0.717) is 25.9 Å². The van der Waals surface area contributed by atoms with Crippen molar-refractivity contribution in [1.29, 1.82) is 0 Å². The van der Waals surface area contributed by atoms with Gasteiger partial charge < -0.3 is 14.5 Å². The molecule has 2 amide bonds. The lowest BCUT2D eigenvalue weighted by atomic mass is 10.0. The van der Waals surface area contributed by atoms with E-state index >= 15 is 0 Å². The van der Waals surface area contributed by atoms with E-state index in [1.807, 2.05) is 31.2 Å². The highest BCUT2D eigenvalue weighted by Crippen LogP contribution is 2.28. The van der Waals surface area contributed by atoms with Gasteiger partial charge in [-0.25, -0.2) is 8.42 Å². The summed E-state index contributed by atoms with van der Waals surface area (Å²) in [7, 11) is -1.84. The maximum atomic E-state index is 12.8. The number of ether oxygens (including phenoxy) is 1. The molecule has 2 heterocycles. The fourth-order valence-corrected chi connectivity index (χ4v) is 5.91. The molecule has 27 heavy (non-hydrogen) atoms. The summed E-state index contributed by atoms with van der Waals surface area (Å²) in [5.74, 6) is -0.447. The monoisotopic (exact) mass is 394 g/mol. The Morgan fingerprint density at radius 3 is 2.15 bits per heavy atom. The lowest BCUT2D eigenvalue weighted by Gasteiger charge is -2.43. The van der Waals surface area contributed by atoms with Crippen molar-refractivity contribution in [3.63, 3.8) is 0 Å². The molecule has 2 atom stereocenters. The van der Waals surface area contributed by atoms with Crippen LogP contribution in [0.25, 0.3) is 0 Å². The molecule has 0 radical (unpaired) electrons. The smallest absolute Gasteiger partial charge is 0.248 e. The summed E-state index contributed by atoms with van der Waals surface area (Å²) >= 11 is 0. The van der Waals surface area contributed by atoms with Gasteiger partial charge in [0.05, 0.1) is 23.6 Å². The van der Waals surface area contributed by atoms with Gasteiger partial charge in [0.15, 0.2) is 9.84 Å². The summed E-state index contributed by atoms with van der Waals surface area (Å²) < 4.78 is 29.3. The van der Waals surface area contributed by atoms with Crippen molar-refractivity contribution in [1.82, 2.24) is 9.80 Å². The van der Waals surface area contributed by atoms with E-state index < -0.39 is 21.9 Å². The van der Waals surface area contributed by atoms with Crippen LogP contribution in [-0.4, -0.2) is 80.4 Å². The van der Waals surface area contributed by atoms with Crippen LogP contribution in [0.15, 0.2) is 24.3 Å². The van der Waals surface area contributed by atoms with Crippen LogP contribution in [0.4, 0.5) is 0 Å². The molecule has 2 saturated heterocycles. The molecular weight excluding hydrogens is 368 g/mol. The van der Waals surface area contributed by atoms with E-state index in [0.717, 1.165) is 5.56 Å². The molecule has 0 N–H and O–H groups in total. The predicted octanol–water partition coefficient (Wildman–Crippen LogP) is 0.410. The SMILES string of the molecule is COCC(=O)N1CCN(C(=O)CCc2ccc(C)cc2)C2CS(=O)(=O)CC21. The molecule has 7 nitrogen and oxygen atoms in total. The lowest BCUT2D eigenvalue weighted by molar-refractivity contribution is -0.147. The number of hydrogen-bond donors (Lipinski definition) is 0. The first-order chi connectivity index (χ1) is 12.8. The van der Waals surface area contributed by atoms with Gasteiger partial charge in [0.1, 0.15) is 6.61 Å². The molecule has 1 aromatic rings. The van der Waals surface area contributed by atoms with Gasteiger partial charge in [0.25, 0.3) is 0 Å². The second-order valence-electron chi connectivity index (χ2n) is 7.30. The predicted molar refractivity (Wildman–Crippen MR) is 101 cm³/mol. The van der Waals surface area contributed by atoms with Gasteiger partial charge in [-0.2, -0.15) is 0 Å². The molecule has 0 saturated carbocycles. The third-order valence-corrected chi connectivity index (χ3v) is 7.03. The van der Waals surface area contributed by atoms with Gasteiger partial charge >= 0.3 is 0 Å². The fourth-order valence-electron chi connectivity index (χ4n) is 3.93. The van der Waals surface area contributed by atoms with Crippen molar-refractivity contribution in [2.45, 2.75) is 31.8 Å². The summed E-state index contributed by atoms with van der Waals surface area (Å²) in [6.45, 7) is 2.64. The first kappa shape index (κ1) is 19.8. The third-order valence-electron chi connectivity index (χ3n) is 5.33. The summed E-state index contributed by atoms with van der Waals surface area (Å²) in [5.41, 5.74) is 2.25. The molecular formula is C19H26N2O5S. The second-order valence-corrected chi connectivity index (χ2v) is 9.46. The summed E-state index contributed by atoms with van der Waals surface area (Å²) in [6, 6.07) is 7.10. The normalized spacial score (nSPS) is 23.9. The minimum atomic E-state index is -3.28. The Bertz CT molecular complexity index is 806. The topological polar surface area (TPSA) is 84.0 Å². The number of methoxy groups -OCH3 is 1. The van der Waals surface area contributed by atoms with Gasteiger partial charge in [0.2, 0.25) is 11.8 Å². The first-order valence-corrected chi connectivity index (χ1v) is 11.0. The number of aryl methyl sites for hydroxylation is 2. The number of sulfone groups is 1. The van der Waals surface area contributed by atoms with E-state index in [9.17, 15) is 18.0 Å². The average Bonchev–Trinajstić information content (AvgIpc) is 2.95. The van der Waals surface area contributed by atoms with Gasteiger partial charge in [-0.1, -0.05) is 29.8 Å². The number of nitrogens with zero attached hydrogens (tertiary/aromatic N) is 2. The molecule has 2 aliphatic rings. The number of fused-ring (bicyclic) bond motifs is 1. The molecule has 0 aliphatic carbocycles. The Kier molecular flexibility index (Phi) is 5.86. The fraction of sp³-hybridized carbons (Fsp3) is 0.579. The summed E-state index contributed by atoms with van der Waals surface area (Å²) in [5, 5.41) is 0. The van der Waals surface area contributed by atoms with E-state index in [-0.39, 0.29) is 29.9 Å². The number of carbonyl (C=O) groups is 2. The zero-order valence-electron chi connectivity index (χ0n) is 15.8. The van der Waals surface area contributed by atoms with Crippen LogP contribution in [0.1, 0.15) is 17.5 Å². The molecule has 0 spiro atoms. The Hall–Kier alpha value is -1.93. The Labute approximate surface area is 160 Å². The number of amides is 2. The molecule has 3 rings (SSSR count). The van der Waals surface area contributed by atoms with Crippen molar-refractivity contribution >= 4 is 21.7 Å². The number of benzene rings is 1. The van der Waals surface area contributed by atoms with Crippen LogP contribution in [-0.2, 0) is 30.6 Å². The Balaban J connectivity index is 1.69. The molecule has 1 aromatic carbocycles. The Morgan fingerprint density at radius 1 is 1.04 bits per heavy atom. The van der Waals surface area contributed by atoms with Crippen LogP contribution < -0.4 is 0 Å². The van der Waals surface area contributed by atoms with Crippen molar-refractivity contribution in [2.75, 3.05) is 38.3 Å². The van der Waals surface area contributed by atoms with Gasteiger partial charge in [-0.05, 0) is 18.9 Å². The van der Waals surface area contributed by atoms with Crippen LogP contribution in [0, 0.1) is 6.92 Å². The minimum absolute atomic E-state index is 0.0542. The molecule has 0 aromatic heterocycles. The number of rotatable bonds is 5. The standard InChI is InChI=1S/C19H26N2O5S/c1-14-3-5-15(6-4-14)7-8-18(22)20-9-10-21(19(23)11-26-2)17-13-27(24,25)12-16(17)20/h3-6,16-17H,7-13H2,1-2H3. The van der Waals surface area contributed by atoms with Gasteiger partial charge in [-0.15, -0.1) is 0 Å². The van der Waals surface area contributed by atoms with Crippen LogP contribution in [0.3, 0.4) is 0 Å². The molecule has 0 bridgehead atoms. The van der Waals surface area contributed by atoms with E-state index in [1.54, 1.807) is 9.80 Å². The maximum Gasteiger partial charge on any atom is 0.248 e. The first-order valence-electron chi connectivity index (χ1n) is 9.14. The molecule has 8 heteroatoms. The number of hydrogen-bond acceptors (Lipinski definition) is 5. The Morgan fingerprint density at radius 2 is 1.59 bits per heavy atom. The van der Waals surface area contributed by atoms with Gasteiger partial charge in [0, 0.05) is 26.6 Å². The van der Waals surface area contributed by atoms with Gasteiger partial charge in [-0.3, -0.25) is 9.59 Å². The highest BCUT2D eigenvalue weighted by atomic mass is 32.2. The van der Waals surface area contributed by atoms with E-state index in [1.165, 1.54) is 12.7 Å². The highest BCUT2D eigenvalue weighted by Gasteiger charge is 2.49. The highest BCUT2D eigenvalue weighted by molar-refractivity contribution is 7.91. The van der Waals surface area contributed by atoms with Crippen LogP contribution in [0.5, 0.6) is 0 Å². The zero-order valence-corrected chi connectivity index (χ0v) is 16.6. The van der Waals surface area contributed by atoms with Crippen molar-refractivity contribution in [3.8, 4) is 0 Å². The second kappa shape index (κ2) is 7.98. The molecule has 2 unspecified atom stereocenters. The van der Waals surface area contributed by atoms with Crippen molar-refractivity contribution in [3.05, 3.63) is 35.4 Å². The molecule has 2 aliphatic heterocycles. The third kappa shape index (κ3) is 4.50. The quantitative estimate of drug-likeness (QED) is 0.722. The summed E-state index contributed by atoms with van der Waals surface area (Å²) in [6.07, 6.45) is 0.949. The van der Waals surface area contributed by atoms with Crippen molar-refractivity contribution in [2.24, 2.45) is 0 Å². The van der Waals surface area contributed by atoms with E-state index in [4.69, 9.17) is 4.74 Å². The van der Waals surface area contributed by atoms with Crippen LogP contribution in [0.2, 0.25) is 0 Å². The lowest BCUT2D eigenvalue weighted by Crippen LogP contribution is -2.62. The van der Waals surface area contributed by atoms with Crippen molar-refractivity contribution < 1.29 is 22.7 Å². The minimum Gasteiger partial charge on any atom is -0.375 e. The molecule has 2 fully saturated rings. The molecule has 148 valence electrons. The number of carbonyl (C=O) groups excluding carboxylic acids is 2.